The van der Waals surface area contributed by atoms with Crippen LogP contribution in [0.4, 0.5) is 11.8 Å². The van der Waals surface area contributed by atoms with Crippen LogP contribution in [-0.4, -0.2) is 36.2 Å². The van der Waals surface area contributed by atoms with Crippen LogP contribution in [0.25, 0.3) is 11.2 Å². The quantitative estimate of drug-likeness (QED) is 0.541. The molecule has 9 heteroatoms. The number of aromatic nitrogens is 5. The number of hydrogen-bond acceptors (Lipinski definition) is 7. The minimum atomic E-state index is -0.256. The van der Waals surface area contributed by atoms with E-state index >= 15 is 0 Å². The molecule has 0 aliphatic carbocycles. The molecule has 0 aliphatic heterocycles. The Hall–Kier alpha value is -3.10. The zero-order chi connectivity index (χ0) is 15.7. The van der Waals surface area contributed by atoms with Crippen LogP contribution in [0.15, 0.2) is 23.3 Å². The molecule has 3 aromatic heterocycles. The second-order valence-corrected chi connectivity index (χ2v) is 4.80. The fraction of sp³-hybridized carbons (Fsp3) is 0.231. The van der Waals surface area contributed by atoms with Crippen LogP contribution in [0.5, 0.6) is 5.75 Å². The molecular weight excluding hydrogens is 286 g/mol. The maximum absolute atomic E-state index is 11.8. The molecule has 0 saturated carbocycles. The molecule has 9 nitrogen and oxygen atoms in total. The van der Waals surface area contributed by atoms with Crippen molar-refractivity contribution in [3.05, 3.63) is 34.5 Å². The van der Waals surface area contributed by atoms with Crippen molar-refractivity contribution >= 4 is 22.9 Å². The number of nitrogens with one attached hydrogen (secondary N) is 2. The van der Waals surface area contributed by atoms with Gasteiger partial charge in [0.25, 0.3) is 5.56 Å². The van der Waals surface area contributed by atoms with Crippen molar-refractivity contribution in [3.8, 4) is 5.75 Å². The summed E-state index contributed by atoms with van der Waals surface area (Å²) in [6, 6.07) is 2.72. The van der Waals surface area contributed by atoms with Crippen LogP contribution in [0.1, 0.15) is 5.69 Å². The van der Waals surface area contributed by atoms with Crippen LogP contribution >= 0.6 is 0 Å². The van der Waals surface area contributed by atoms with Gasteiger partial charge in [-0.25, -0.2) is 4.98 Å². The van der Waals surface area contributed by atoms with Gasteiger partial charge in [0, 0.05) is 24.8 Å². The molecule has 0 bridgehead atoms. The summed E-state index contributed by atoms with van der Waals surface area (Å²) in [5.74, 6) is 0.624. The molecule has 22 heavy (non-hydrogen) atoms. The monoisotopic (exact) mass is 301 g/mol. The minimum Gasteiger partial charge on any atom is -0.508 e. The second kappa shape index (κ2) is 5.35. The van der Waals surface area contributed by atoms with Gasteiger partial charge in [0.2, 0.25) is 5.95 Å². The highest BCUT2D eigenvalue weighted by molar-refractivity contribution is 5.83. The average molecular weight is 301 g/mol. The number of aryl methyl sites for hydroxylation is 1. The van der Waals surface area contributed by atoms with E-state index < -0.39 is 0 Å². The minimum absolute atomic E-state index is 0.0329. The van der Waals surface area contributed by atoms with E-state index in [9.17, 15) is 9.90 Å². The van der Waals surface area contributed by atoms with Crippen molar-refractivity contribution in [1.82, 2.24) is 24.5 Å². The third-order valence-electron chi connectivity index (χ3n) is 3.25. The molecule has 0 radical (unpaired) electrons. The third kappa shape index (κ3) is 2.55. The van der Waals surface area contributed by atoms with Crippen molar-refractivity contribution in [3.63, 3.8) is 0 Å². The first-order valence-corrected chi connectivity index (χ1v) is 6.65. The van der Waals surface area contributed by atoms with Gasteiger partial charge < -0.3 is 25.7 Å². The Balaban J connectivity index is 1.78. The van der Waals surface area contributed by atoms with Crippen molar-refractivity contribution in [2.24, 2.45) is 0 Å². The summed E-state index contributed by atoms with van der Waals surface area (Å²) in [6.07, 6.45) is 1.51. The summed E-state index contributed by atoms with van der Waals surface area (Å²) in [6.45, 7) is 2.64. The van der Waals surface area contributed by atoms with Crippen LogP contribution in [-0.2, 0) is 6.54 Å². The number of hydrogen-bond donors (Lipinski definition) is 4. The number of aromatic hydroxyl groups is 1. The van der Waals surface area contributed by atoms with Gasteiger partial charge in [0.1, 0.15) is 11.3 Å². The summed E-state index contributed by atoms with van der Waals surface area (Å²) in [7, 11) is 0. The predicted molar refractivity (Wildman–Crippen MR) is 81.7 cm³/mol. The van der Waals surface area contributed by atoms with Gasteiger partial charge >= 0.3 is 0 Å². The molecule has 114 valence electrons. The number of imidazole rings is 1. The van der Waals surface area contributed by atoms with Gasteiger partial charge in [-0.05, 0) is 13.0 Å². The SMILES string of the molecule is Cc1cc(O)cc(=O)n1CCNc1nc(N)nc2nc[nH]c12. The van der Waals surface area contributed by atoms with E-state index in [2.05, 4.69) is 25.3 Å². The number of H-pyrrole nitrogens is 1. The number of aromatic amines is 1. The number of rotatable bonds is 4. The number of fused-ring (bicyclic) bond motifs is 1. The Kier molecular flexibility index (Phi) is 3.37. The van der Waals surface area contributed by atoms with E-state index in [0.29, 0.717) is 35.8 Å². The lowest BCUT2D eigenvalue weighted by Gasteiger charge is -2.11. The van der Waals surface area contributed by atoms with Crippen molar-refractivity contribution in [1.29, 1.82) is 0 Å². The van der Waals surface area contributed by atoms with Gasteiger partial charge in [-0.2, -0.15) is 9.97 Å². The number of nitrogens with zero attached hydrogens (tertiary/aromatic N) is 4. The smallest absolute Gasteiger partial charge is 0.254 e. The Labute approximate surface area is 124 Å². The summed E-state index contributed by atoms with van der Waals surface area (Å²) in [5, 5.41) is 12.5. The van der Waals surface area contributed by atoms with Crippen molar-refractivity contribution in [2.75, 3.05) is 17.6 Å². The van der Waals surface area contributed by atoms with Crippen LogP contribution in [0.2, 0.25) is 0 Å². The largest absolute Gasteiger partial charge is 0.508 e. The van der Waals surface area contributed by atoms with Gasteiger partial charge in [0.05, 0.1) is 6.33 Å². The molecule has 5 N–H and O–H groups in total. The van der Waals surface area contributed by atoms with E-state index in [1.807, 2.05) is 0 Å². The molecule has 3 heterocycles. The van der Waals surface area contributed by atoms with Crippen LogP contribution in [0, 0.1) is 6.92 Å². The van der Waals surface area contributed by atoms with Crippen molar-refractivity contribution < 1.29 is 5.11 Å². The lowest BCUT2D eigenvalue weighted by molar-refractivity contribution is 0.469. The Morgan fingerprint density at radius 2 is 2.23 bits per heavy atom. The Morgan fingerprint density at radius 1 is 1.41 bits per heavy atom. The number of nitrogens with two attached hydrogens (primary N) is 1. The first-order valence-electron chi connectivity index (χ1n) is 6.65. The molecule has 0 saturated heterocycles. The van der Waals surface area contributed by atoms with Gasteiger partial charge in [-0.1, -0.05) is 0 Å². The van der Waals surface area contributed by atoms with E-state index in [1.165, 1.54) is 18.5 Å². The summed E-state index contributed by atoms with van der Waals surface area (Å²) in [5.41, 5.74) is 7.19. The lowest BCUT2D eigenvalue weighted by atomic mass is 10.3. The summed E-state index contributed by atoms with van der Waals surface area (Å²) < 4.78 is 1.56. The zero-order valence-electron chi connectivity index (χ0n) is 11.9. The Morgan fingerprint density at radius 3 is 3.00 bits per heavy atom. The molecule has 0 amide bonds. The van der Waals surface area contributed by atoms with Gasteiger partial charge in [-0.3, -0.25) is 4.79 Å². The van der Waals surface area contributed by atoms with E-state index in [-0.39, 0.29) is 17.3 Å². The molecule has 3 rings (SSSR count). The maximum atomic E-state index is 11.8. The lowest BCUT2D eigenvalue weighted by Crippen LogP contribution is -2.25. The maximum Gasteiger partial charge on any atom is 0.254 e. The van der Waals surface area contributed by atoms with Gasteiger partial charge in [-0.15, -0.1) is 0 Å². The first-order chi connectivity index (χ1) is 10.5. The zero-order valence-corrected chi connectivity index (χ0v) is 11.9. The highest BCUT2D eigenvalue weighted by Crippen LogP contribution is 2.17. The molecule has 0 spiro atoms. The Bertz CT molecular complexity index is 884. The molecular formula is C13H15N7O2. The summed E-state index contributed by atoms with van der Waals surface area (Å²) in [4.78, 5) is 26.9. The number of pyridine rings is 1. The first kappa shape index (κ1) is 13.9. The second-order valence-electron chi connectivity index (χ2n) is 4.80. The van der Waals surface area contributed by atoms with E-state index in [1.54, 1.807) is 11.5 Å². The standard InChI is InChI=1S/C13H15N7O2/c1-7-4-8(21)5-9(22)20(7)3-2-15-11-10-12(17-6-16-10)19-13(14)18-11/h4-6,21H,2-3H2,1H3,(H4,14,15,16,17,18,19). The van der Waals surface area contributed by atoms with E-state index in [0.717, 1.165) is 0 Å². The third-order valence-corrected chi connectivity index (χ3v) is 3.25. The fourth-order valence-corrected chi connectivity index (χ4v) is 2.26. The molecule has 0 fully saturated rings. The topological polar surface area (TPSA) is 135 Å². The van der Waals surface area contributed by atoms with E-state index in [4.69, 9.17) is 5.73 Å². The molecule has 0 atom stereocenters. The van der Waals surface area contributed by atoms with Crippen LogP contribution < -0.4 is 16.6 Å². The normalized spacial score (nSPS) is 11.0. The fourth-order valence-electron chi connectivity index (χ4n) is 2.26. The van der Waals surface area contributed by atoms with Gasteiger partial charge in [0.15, 0.2) is 11.5 Å². The molecule has 0 aromatic carbocycles. The average Bonchev–Trinajstić information content (AvgIpc) is 2.89. The van der Waals surface area contributed by atoms with Crippen molar-refractivity contribution in [2.45, 2.75) is 13.5 Å². The molecule has 0 aliphatic rings. The number of nitrogen functional groups attached to an aromatic ring is 1. The number of anilines is 2. The van der Waals surface area contributed by atoms with Crippen LogP contribution in [0.3, 0.4) is 0 Å². The highest BCUT2D eigenvalue weighted by atomic mass is 16.3. The summed E-state index contributed by atoms with van der Waals surface area (Å²) >= 11 is 0. The molecule has 0 unspecified atom stereocenters. The highest BCUT2D eigenvalue weighted by Gasteiger charge is 2.08. The predicted octanol–water partition coefficient (Wildman–Crippen LogP) is 0.223. The molecule has 3 aromatic rings.